The molecular formula is C11H15NO2. The van der Waals surface area contributed by atoms with Crippen LogP contribution in [0.4, 0.5) is 0 Å². The maximum atomic E-state index is 11.8. The lowest BCUT2D eigenvalue weighted by Crippen LogP contribution is -2.47. The van der Waals surface area contributed by atoms with Gasteiger partial charge in [0.1, 0.15) is 0 Å². The lowest BCUT2D eigenvalue weighted by Gasteiger charge is -2.22. The third-order valence-electron chi connectivity index (χ3n) is 1.93. The number of Topliss-reactive ketones (excluding diaryl/α,β-unsaturated/α-hetero) is 1. The van der Waals surface area contributed by atoms with Crippen LogP contribution < -0.4 is 5.73 Å². The van der Waals surface area contributed by atoms with Crippen molar-refractivity contribution in [2.75, 3.05) is 6.61 Å². The van der Waals surface area contributed by atoms with E-state index >= 15 is 0 Å². The summed E-state index contributed by atoms with van der Waals surface area (Å²) in [5.74, 6) is -0.194. The van der Waals surface area contributed by atoms with Crippen molar-refractivity contribution >= 4 is 5.78 Å². The van der Waals surface area contributed by atoms with E-state index in [4.69, 9.17) is 10.5 Å². The molecule has 0 saturated carbocycles. The Balaban J connectivity index is 2.85. The van der Waals surface area contributed by atoms with Crippen LogP contribution in [0.15, 0.2) is 30.3 Å². The van der Waals surface area contributed by atoms with E-state index in [0.717, 1.165) is 0 Å². The maximum Gasteiger partial charge on any atom is 0.209 e. The van der Waals surface area contributed by atoms with Crippen LogP contribution in [0.2, 0.25) is 0 Å². The number of hydrogen-bond donors (Lipinski definition) is 1. The summed E-state index contributed by atoms with van der Waals surface area (Å²) in [5.41, 5.74) is 5.08. The van der Waals surface area contributed by atoms with Gasteiger partial charge in [-0.1, -0.05) is 30.3 Å². The zero-order chi connectivity index (χ0) is 10.6. The van der Waals surface area contributed by atoms with E-state index < -0.39 is 5.72 Å². The molecule has 1 rings (SSSR count). The van der Waals surface area contributed by atoms with Crippen molar-refractivity contribution in [3.8, 4) is 0 Å². The fourth-order valence-electron chi connectivity index (χ4n) is 1.24. The van der Waals surface area contributed by atoms with Crippen LogP contribution in [0.3, 0.4) is 0 Å². The zero-order valence-corrected chi connectivity index (χ0v) is 8.49. The average molecular weight is 193 g/mol. The lowest BCUT2D eigenvalue weighted by atomic mass is 10.0. The highest BCUT2D eigenvalue weighted by Crippen LogP contribution is 2.11. The Morgan fingerprint density at radius 2 is 2.00 bits per heavy atom. The highest BCUT2D eigenvalue weighted by atomic mass is 16.5. The minimum absolute atomic E-state index is 0.194. The van der Waals surface area contributed by atoms with Crippen LogP contribution in [0, 0.1) is 0 Å². The molecule has 0 fully saturated rings. The number of ether oxygens (including phenoxy) is 1. The summed E-state index contributed by atoms with van der Waals surface area (Å²) in [5, 5.41) is 0. The first-order valence-corrected chi connectivity index (χ1v) is 4.60. The Morgan fingerprint density at radius 3 is 2.50 bits per heavy atom. The first-order valence-electron chi connectivity index (χ1n) is 4.60. The summed E-state index contributed by atoms with van der Waals surface area (Å²) in [6, 6.07) is 8.91. The Hall–Kier alpha value is -1.19. The second kappa shape index (κ2) is 4.35. The van der Waals surface area contributed by atoms with Crippen molar-refractivity contribution in [3.05, 3.63) is 35.9 Å². The molecule has 0 aliphatic carbocycles. The number of carbonyl (C=O) groups is 1. The summed E-state index contributed by atoms with van der Waals surface area (Å²) in [4.78, 5) is 11.8. The maximum absolute atomic E-state index is 11.8. The van der Waals surface area contributed by atoms with E-state index in [1.165, 1.54) is 0 Å². The van der Waals surface area contributed by atoms with Crippen LogP contribution in [0.5, 0.6) is 0 Å². The summed E-state index contributed by atoms with van der Waals surface area (Å²) in [6.45, 7) is 3.81. The fraction of sp³-hybridized carbons (Fsp3) is 0.364. The third-order valence-corrected chi connectivity index (χ3v) is 1.93. The van der Waals surface area contributed by atoms with Crippen molar-refractivity contribution < 1.29 is 9.53 Å². The van der Waals surface area contributed by atoms with Gasteiger partial charge in [-0.3, -0.25) is 10.5 Å². The molecule has 14 heavy (non-hydrogen) atoms. The molecule has 1 aromatic carbocycles. The molecule has 3 nitrogen and oxygen atoms in total. The second-order valence-corrected chi connectivity index (χ2v) is 3.24. The normalized spacial score (nSPS) is 14.8. The monoisotopic (exact) mass is 193 g/mol. The van der Waals surface area contributed by atoms with Crippen LogP contribution in [0.25, 0.3) is 0 Å². The Bertz CT molecular complexity index is 306. The van der Waals surface area contributed by atoms with Crippen LogP contribution in [-0.4, -0.2) is 18.1 Å². The van der Waals surface area contributed by atoms with Crippen molar-refractivity contribution in [2.45, 2.75) is 19.6 Å². The van der Waals surface area contributed by atoms with Gasteiger partial charge in [0.15, 0.2) is 5.72 Å². The third kappa shape index (κ3) is 2.40. The first-order chi connectivity index (χ1) is 6.58. The van der Waals surface area contributed by atoms with Gasteiger partial charge in [-0.05, 0) is 13.8 Å². The van der Waals surface area contributed by atoms with Gasteiger partial charge in [-0.2, -0.15) is 0 Å². The number of benzene rings is 1. The summed E-state index contributed by atoms with van der Waals surface area (Å²) in [7, 11) is 0. The summed E-state index contributed by atoms with van der Waals surface area (Å²) < 4.78 is 5.17. The molecule has 0 aliphatic rings. The van der Waals surface area contributed by atoms with Crippen molar-refractivity contribution in [2.24, 2.45) is 5.73 Å². The Morgan fingerprint density at radius 1 is 1.43 bits per heavy atom. The number of carbonyl (C=O) groups excluding carboxylic acids is 1. The first kappa shape index (κ1) is 10.9. The van der Waals surface area contributed by atoms with E-state index in [0.29, 0.717) is 12.2 Å². The molecule has 0 radical (unpaired) electrons. The van der Waals surface area contributed by atoms with Crippen LogP contribution in [-0.2, 0) is 4.74 Å². The summed E-state index contributed by atoms with van der Waals surface area (Å²) in [6.07, 6.45) is 0. The van der Waals surface area contributed by atoms with E-state index in [9.17, 15) is 4.79 Å². The van der Waals surface area contributed by atoms with Gasteiger partial charge in [-0.15, -0.1) is 0 Å². The van der Waals surface area contributed by atoms with Crippen molar-refractivity contribution in [3.63, 3.8) is 0 Å². The largest absolute Gasteiger partial charge is 0.354 e. The molecule has 0 heterocycles. The van der Waals surface area contributed by atoms with Gasteiger partial charge in [0, 0.05) is 12.2 Å². The molecule has 3 heteroatoms. The molecule has 0 saturated heterocycles. The molecule has 76 valence electrons. The average Bonchev–Trinajstić information content (AvgIpc) is 2.18. The number of nitrogens with two attached hydrogens (primary N) is 1. The SMILES string of the molecule is CCOC(C)(N)C(=O)c1ccccc1. The van der Waals surface area contributed by atoms with E-state index in [1.807, 2.05) is 13.0 Å². The Kier molecular flexibility index (Phi) is 3.38. The van der Waals surface area contributed by atoms with Gasteiger partial charge in [0.05, 0.1) is 0 Å². The highest BCUT2D eigenvalue weighted by molar-refractivity contribution is 6.01. The van der Waals surface area contributed by atoms with Gasteiger partial charge in [-0.25, -0.2) is 0 Å². The van der Waals surface area contributed by atoms with E-state index in [-0.39, 0.29) is 5.78 Å². The molecule has 0 bridgehead atoms. The quantitative estimate of drug-likeness (QED) is 0.583. The lowest BCUT2D eigenvalue weighted by molar-refractivity contribution is -0.00588. The number of hydrogen-bond acceptors (Lipinski definition) is 3. The standard InChI is InChI=1S/C11H15NO2/c1-3-14-11(2,12)10(13)9-7-5-4-6-8-9/h4-8H,3,12H2,1-2H3. The second-order valence-electron chi connectivity index (χ2n) is 3.24. The minimum Gasteiger partial charge on any atom is -0.354 e. The van der Waals surface area contributed by atoms with Gasteiger partial charge in [0.2, 0.25) is 5.78 Å². The summed E-state index contributed by atoms with van der Waals surface area (Å²) >= 11 is 0. The molecule has 1 unspecified atom stereocenters. The molecule has 2 N–H and O–H groups in total. The van der Waals surface area contributed by atoms with Gasteiger partial charge >= 0.3 is 0 Å². The molecular weight excluding hydrogens is 178 g/mol. The number of rotatable bonds is 4. The van der Waals surface area contributed by atoms with Gasteiger partial charge in [0.25, 0.3) is 0 Å². The van der Waals surface area contributed by atoms with Gasteiger partial charge < -0.3 is 4.74 Å². The predicted molar refractivity (Wildman–Crippen MR) is 55.0 cm³/mol. The molecule has 1 aromatic rings. The van der Waals surface area contributed by atoms with E-state index in [2.05, 4.69) is 0 Å². The molecule has 0 spiro atoms. The van der Waals surface area contributed by atoms with E-state index in [1.54, 1.807) is 31.2 Å². The number of ketones is 1. The van der Waals surface area contributed by atoms with Crippen molar-refractivity contribution in [1.82, 2.24) is 0 Å². The minimum atomic E-state index is -1.23. The predicted octanol–water partition coefficient (Wildman–Crippen LogP) is 1.58. The molecule has 0 aromatic heterocycles. The molecule has 0 amide bonds. The fourth-order valence-corrected chi connectivity index (χ4v) is 1.24. The molecule has 1 atom stereocenters. The van der Waals surface area contributed by atoms with Crippen LogP contribution in [0.1, 0.15) is 24.2 Å². The zero-order valence-electron chi connectivity index (χ0n) is 8.49. The van der Waals surface area contributed by atoms with Crippen molar-refractivity contribution in [1.29, 1.82) is 0 Å². The highest BCUT2D eigenvalue weighted by Gasteiger charge is 2.29. The van der Waals surface area contributed by atoms with Crippen LogP contribution >= 0.6 is 0 Å². The molecule has 0 aliphatic heterocycles. The topological polar surface area (TPSA) is 52.3 Å². The smallest absolute Gasteiger partial charge is 0.209 e. The Labute approximate surface area is 83.9 Å².